The van der Waals surface area contributed by atoms with E-state index in [1.165, 1.54) is 0 Å². The van der Waals surface area contributed by atoms with Crippen molar-refractivity contribution in [3.63, 3.8) is 0 Å². The normalized spacial score (nSPS) is 33.7. The molecule has 4 heteroatoms. The molecule has 0 aliphatic heterocycles. The summed E-state index contributed by atoms with van der Waals surface area (Å²) < 4.78 is 0. The Bertz CT molecular complexity index is 394. The monoisotopic (exact) mass is 251 g/mol. The van der Waals surface area contributed by atoms with Gasteiger partial charge in [-0.3, -0.25) is 9.59 Å². The summed E-state index contributed by atoms with van der Waals surface area (Å²) in [6, 6.07) is 0. The van der Waals surface area contributed by atoms with Gasteiger partial charge in [0, 0.05) is 6.54 Å². The third-order valence-corrected chi connectivity index (χ3v) is 3.84. The van der Waals surface area contributed by atoms with Crippen LogP contribution in [-0.4, -0.2) is 23.5 Å². The lowest BCUT2D eigenvalue weighted by atomic mass is 9.82. The van der Waals surface area contributed by atoms with E-state index in [2.05, 4.69) is 5.32 Å². The van der Waals surface area contributed by atoms with Gasteiger partial charge in [-0.25, -0.2) is 0 Å². The summed E-state index contributed by atoms with van der Waals surface area (Å²) in [6.07, 6.45) is 4.77. The number of carbonyl (C=O) groups excluding carboxylic acids is 1. The molecule has 0 aromatic rings. The second kappa shape index (κ2) is 4.41. The Morgan fingerprint density at radius 2 is 1.78 bits per heavy atom. The van der Waals surface area contributed by atoms with Crippen LogP contribution < -0.4 is 5.32 Å². The van der Waals surface area contributed by atoms with Crippen LogP contribution in [0.1, 0.15) is 27.2 Å². The lowest BCUT2D eigenvalue weighted by Gasteiger charge is -2.26. The predicted molar refractivity (Wildman–Crippen MR) is 67.8 cm³/mol. The average molecular weight is 251 g/mol. The van der Waals surface area contributed by atoms with Gasteiger partial charge in [0.1, 0.15) is 0 Å². The van der Waals surface area contributed by atoms with Crippen molar-refractivity contribution in [2.45, 2.75) is 27.2 Å². The van der Waals surface area contributed by atoms with Crippen LogP contribution in [0.2, 0.25) is 0 Å². The van der Waals surface area contributed by atoms with Gasteiger partial charge in [-0.1, -0.05) is 32.9 Å². The van der Waals surface area contributed by atoms with E-state index in [0.717, 1.165) is 6.42 Å². The molecule has 2 unspecified atom stereocenters. The Balaban J connectivity index is 2.05. The van der Waals surface area contributed by atoms with Crippen molar-refractivity contribution in [3.8, 4) is 0 Å². The first-order valence-electron chi connectivity index (χ1n) is 6.48. The van der Waals surface area contributed by atoms with Gasteiger partial charge < -0.3 is 10.4 Å². The lowest BCUT2D eigenvalue weighted by Crippen LogP contribution is -2.42. The fourth-order valence-corrected chi connectivity index (χ4v) is 2.99. The van der Waals surface area contributed by atoms with E-state index in [0.29, 0.717) is 6.54 Å². The van der Waals surface area contributed by atoms with E-state index >= 15 is 0 Å². The molecule has 2 aliphatic rings. The SMILES string of the molecule is CC(C)(C)CNC(=O)[C@H]1C2C=CC(C2)[C@H]1C(=O)O. The Labute approximate surface area is 107 Å². The molecule has 0 spiro atoms. The minimum Gasteiger partial charge on any atom is -0.481 e. The summed E-state index contributed by atoms with van der Waals surface area (Å²) in [4.78, 5) is 23.5. The van der Waals surface area contributed by atoms with Crippen molar-refractivity contribution in [1.29, 1.82) is 0 Å². The molecule has 4 nitrogen and oxygen atoms in total. The van der Waals surface area contributed by atoms with Gasteiger partial charge in [0.25, 0.3) is 0 Å². The number of rotatable bonds is 3. The van der Waals surface area contributed by atoms with E-state index in [1.807, 2.05) is 32.9 Å². The number of hydrogen-bond donors (Lipinski definition) is 2. The number of aliphatic carboxylic acids is 1. The van der Waals surface area contributed by atoms with E-state index in [9.17, 15) is 14.7 Å². The molecule has 100 valence electrons. The van der Waals surface area contributed by atoms with Crippen LogP contribution >= 0.6 is 0 Å². The Hall–Kier alpha value is -1.32. The summed E-state index contributed by atoms with van der Waals surface area (Å²) in [5.41, 5.74) is 0.0157. The van der Waals surface area contributed by atoms with Gasteiger partial charge in [0.2, 0.25) is 5.91 Å². The van der Waals surface area contributed by atoms with Crippen molar-refractivity contribution in [3.05, 3.63) is 12.2 Å². The number of amides is 1. The highest BCUT2D eigenvalue weighted by Crippen LogP contribution is 2.48. The highest BCUT2D eigenvalue weighted by atomic mass is 16.4. The number of fused-ring (bicyclic) bond motifs is 2. The zero-order valence-corrected chi connectivity index (χ0v) is 11.1. The molecule has 1 saturated carbocycles. The summed E-state index contributed by atoms with van der Waals surface area (Å²) in [7, 11) is 0. The standard InChI is InChI=1S/C14H21NO3/c1-14(2,3)7-15-12(16)10-8-4-5-9(6-8)11(10)13(17)18/h4-5,8-11H,6-7H2,1-3H3,(H,15,16)(H,17,18)/t8?,9?,10-,11+/m0/s1. The summed E-state index contributed by atoms with van der Waals surface area (Å²) >= 11 is 0. The number of allylic oxidation sites excluding steroid dienone is 2. The van der Waals surface area contributed by atoms with E-state index < -0.39 is 11.9 Å². The average Bonchev–Trinajstić information content (AvgIpc) is 2.83. The van der Waals surface area contributed by atoms with Crippen LogP contribution in [0.25, 0.3) is 0 Å². The van der Waals surface area contributed by atoms with Gasteiger partial charge >= 0.3 is 5.97 Å². The highest BCUT2D eigenvalue weighted by Gasteiger charge is 2.51. The fraction of sp³-hybridized carbons (Fsp3) is 0.714. The number of hydrogen-bond acceptors (Lipinski definition) is 2. The molecule has 0 heterocycles. The van der Waals surface area contributed by atoms with Gasteiger partial charge in [0.05, 0.1) is 11.8 Å². The largest absolute Gasteiger partial charge is 0.481 e. The van der Waals surface area contributed by atoms with E-state index in [1.54, 1.807) is 0 Å². The summed E-state index contributed by atoms with van der Waals surface area (Å²) in [6.45, 7) is 6.71. The quantitative estimate of drug-likeness (QED) is 0.750. The highest BCUT2D eigenvalue weighted by molar-refractivity contribution is 5.86. The summed E-state index contributed by atoms with van der Waals surface area (Å²) in [5.74, 6) is -1.73. The Morgan fingerprint density at radius 1 is 1.22 bits per heavy atom. The van der Waals surface area contributed by atoms with Crippen molar-refractivity contribution in [2.24, 2.45) is 29.1 Å². The van der Waals surface area contributed by atoms with Crippen molar-refractivity contribution < 1.29 is 14.7 Å². The minimum atomic E-state index is -0.845. The molecule has 18 heavy (non-hydrogen) atoms. The van der Waals surface area contributed by atoms with Crippen LogP contribution in [0.3, 0.4) is 0 Å². The molecule has 0 aromatic heterocycles. The molecule has 1 amide bonds. The molecule has 2 N–H and O–H groups in total. The van der Waals surface area contributed by atoms with Crippen molar-refractivity contribution in [1.82, 2.24) is 5.32 Å². The van der Waals surface area contributed by atoms with Gasteiger partial charge in [-0.2, -0.15) is 0 Å². The molecule has 2 rings (SSSR count). The van der Waals surface area contributed by atoms with Crippen molar-refractivity contribution in [2.75, 3.05) is 6.54 Å². The van der Waals surface area contributed by atoms with E-state index in [4.69, 9.17) is 0 Å². The van der Waals surface area contributed by atoms with Crippen molar-refractivity contribution >= 4 is 11.9 Å². The second-order valence-electron chi connectivity index (χ2n) is 6.62. The lowest BCUT2D eigenvalue weighted by molar-refractivity contribution is -0.147. The maximum Gasteiger partial charge on any atom is 0.307 e. The van der Waals surface area contributed by atoms with E-state index in [-0.39, 0.29) is 29.1 Å². The molecule has 2 bridgehead atoms. The first kappa shape index (κ1) is 13.1. The zero-order chi connectivity index (χ0) is 13.5. The van der Waals surface area contributed by atoms with Crippen LogP contribution in [0.15, 0.2) is 12.2 Å². The number of carbonyl (C=O) groups is 2. The fourth-order valence-electron chi connectivity index (χ4n) is 2.99. The van der Waals surface area contributed by atoms with Crippen LogP contribution in [-0.2, 0) is 9.59 Å². The number of nitrogens with one attached hydrogen (secondary N) is 1. The van der Waals surface area contributed by atoms with Crippen LogP contribution in [0.5, 0.6) is 0 Å². The molecule has 1 fully saturated rings. The van der Waals surface area contributed by atoms with Gasteiger partial charge in [0.15, 0.2) is 0 Å². The topological polar surface area (TPSA) is 66.4 Å². The first-order chi connectivity index (χ1) is 8.29. The third-order valence-electron chi connectivity index (χ3n) is 3.84. The smallest absolute Gasteiger partial charge is 0.307 e. The predicted octanol–water partition coefficient (Wildman–Crippen LogP) is 1.67. The summed E-state index contributed by atoms with van der Waals surface area (Å²) in [5, 5.41) is 12.2. The molecule has 0 saturated heterocycles. The number of carboxylic acids is 1. The second-order valence-corrected chi connectivity index (χ2v) is 6.62. The minimum absolute atomic E-state index is 0.0157. The Morgan fingerprint density at radius 3 is 2.28 bits per heavy atom. The molecule has 0 radical (unpaired) electrons. The molecular formula is C14H21NO3. The number of carboxylic acid groups (broad SMARTS) is 1. The first-order valence-corrected chi connectivity index (χ1v) is 6.48. The zero-order valence-electron chi connectivity index (χ0n) is 11.1. The molecular weight excluding hydrogens is 230 g/mol. The molecule has 4 atom stereocenters. The maximum absolute atomic E-state index is 12.2. The van der Waals surface area contributed by atoms with Crippen LogP contribution in [0.4, 0.5) is 0 Å². The van der Waals surface area contributed by atoms with Crippen LogP contribution in [0, 0.1) is 29.1 Å². The van der Waals surface area contributed by atoms with Gasteiger partial charge in [-0.15, -0.1) is 0 Å². The molecule has 0 aromatic carbocycles. The maximum atomic E-state index is 12.2. The Kier molecular flexibility index (Phi) is 3.21. The molecule has 2 aliphatic carbocycles. The third kappa shape index (κ3) is 2.42. The van der Waals surface area contributed by atoms with Gasteiger partial charge in [-0.05, 0) is 23.7 Å².